The highest BCUT2D eigenvalue weighted by molar-refractivity contribution is 7.89. The Labute approximate surface area is 260 Å². The molecular weight excluding hydrogens is 610 g/mol. The van der Waals surface area contributed by atoms with Crippen molar-refractivity contribution in [3.63, 3.8) is 0 Å². The van der Waals surface area contributed by atoms with Gasteiger partial charge in [0.15, 0.2) is 5.82 Å². The van der Waals surface area contributed by atoms with Crippen LogP contribution in [0.1, 0.15) is 48.3 Å². The largest absolute Gasteiger partial charge is 0.395 e. The molecule has 3 aromatic rings. The molecule has 5 N–H and O–H groups in total. The van der Waals surface area contributed by atoms with Crippen LogP contribution in [0.2, 0.25) is 0 Å². The molecule has 1 saturated heterocycles. The summed E-state index contributed by atoms with van der Waals surface area (Å²) in [6.45, 7) is 4.95. The van der Waals surface area contributed by atoms with Crippen molar-refractivity contribution in [1.82, 2.24) is 14.5 Å². The topological polar surface area (TPSA) is 160 Å². The van der Waals surface area contributed by atoms with Gasteiger partial charge in [-0.05, 0) is 43.2 Å². The van der Waals surface area contributed by atoms with Gasteiger partial charge in [0.05, 0.1) is 23.7 Å². The lowest BCUT2D eigenvalue weighted by Gasteiger charge is -2.36. The Morgan fingerprint density at radius 1 is 1.11 bits per heavy atom. The molecule has 12 nitrogen and oxygen atoms in total. The lowest BCUT2D eigenvalue weighted by Crippen LogP contribution is -2.45. The highest BCUT2D eigenvalue weighted by Crippen LogP contribution is 2.38. The maximum absolute atomic E-state index is 13.9. The minimum absolute atomic E-state index is 0.00879. The van der Waals surface area contributed by atoms with E-state index in [1.165, 1.54) is 0 Å². The van der Waals surface area contributed by atoms with Gasteiger partial charge >= 0.3 is 0 Å². The molecule has 0 saturated carbocycles. The summed E-state index contributed by atoms with van der Waals surface area (Å²) in [6.07, 6.45) is 1.48. The second-order valence-corrected chi connectivity index (χ2v) is 13.8. The van der Waals surface area contributed by atoms with Crippen LogP contribution in [0.4, 0.5) is 26.0 Å². The van der Waals surface area contributed by atoms with Crippen molar-refractivity contribution in [1.29, 1.82) is 0 Å². The molecule has 45 heavy (non-hydrogen) atoms. The number of halogens is 2. The lowest BCUT2D eigenvalue weighted by atomic mass is 9.84. The number of nitrogens with one attached hydrogen (secondary N) is 3. The number of aliphatic hydroxyl groups excluding tert-OH is 2. The van der Waals surface area contributed by atoms with Crippen molar-refractivity contribution in [3.8, 4) is 0 Å². The van der Waals surface area contributed by atoms with Gasteiger partial charge in [0.2, 0.25) is 10.0 Å². The first-order chi connectivity index (χ1) is 21.4. The van der Waals surface area contributed by atoms with E-state index >= 15 is 0 Å². The van der Waals surface area contributed by atoms with Gasteiger partial charge in [-0.3, -0.25) is 9.89 Å². The van der Waals surface area contributed by atoms with Crippen LogP contribution in [-0.2, 0) is 26.7 Å². The molecule has 0 atom stereocenters. The molecule has 5 rings (SSSR count). The van der Waals surface area contributed by atoms with Gasteiger partial charge in [0.1, 0.15) is 11.6 Å². The number of amides is 1. The van der Waals surface area contributed by atoms with Crippen molar-refractivity contribution in [2.75, 3.05) is 61.6 Å². The number of anilines is 3. The van der Waals surface area contributed by atoms with Crippen LogP contribution in [0.5, 0.6) is 0 Å². The molecule has 2 aliphatic heterocycles. The first-order valence-corrected chi connectivity index (χ1v) is 16.2. The van der Waals surface area contributed by atoms with Crippen molar-refractivity contribution < 1.29 is 36.9 Å². The number of aliphatic hydroxyl groups is 2. The first-order valence-electron chi connectivity index (χ1n) is 14.7. The highest BCUT2D eigenvalue weighted by Gasteiger charge is 2.41. The molecule has 0 bridgehead atoms. The number of aromatic nitrogens is 2. The molecular formula is C30H38F2N6O6S. The molecule has 0 radical (unpaired) electrons. The Balaban J connectivity index is 1.45. The summed E-state index contributed by atoms with van der Waals surface area (Å²) in [6, 6.07) is 7.38. The highest BCUT2D eigenvalue weighted by atomic mass is 32.2. The average Bonchev–Trinajstić information content (AvgIpc) is 3.40. The van der Waals surface area contributed by atoms with Crippen LogP contribution in [0.3, 0.4) is 0 Å². The molecule has 2 aliphatic rings. The predicted octanol–water partition coefficient (Wildman–Crippen LogP) is 2.80. The molecule has 1 fully saturated rings. The van der Waals surface area contributed by atoms with E-state index < -0.39 is 37.9 Å². The number of aromatic amines is 1. The number of nitrogens with zero attached hydrogens (tertiary/aromatic N) is 3. The molecule has 3 heterocycles. The van der Waals surface area contributed by atoms with E-state index in [1.54, 1.807) is 18.2 Å². The monoisotopic (exact) mass is 648 g/mol. The van der Waals surface area contributed by atoms with E-state index in [0.29, 0.717) is 60.6 Å². The van der Waals surface area contributed by atoms with E-state index in [1.807, 2.05) is 18.7 Å². The summed E-state index contributed by atoms with van der Waals surface area (Å²) in [5, 5.41) is 32.6. The van der Waals surface area contributed by atoms with Gasteiger partial charge in [0, 0.05) is 79.5 Å². The van der Waals surface area contributed by atoms with Gasteiger partial charge in [-0.25, -0.2) is 17.2 Å². The van der Waals surface area contributed by atoms with Crippen molar-refractivity contribution in [2.24, 2.45) is 0 Å². The van der Waals surface area contributed by atoms with E-state index in [4.69, 9.17) is 4.74 Å². The summed E-state index contributed by atoms with van der Waals surface area (Å²) in [5.41, 5.74) is 1.85. The Bertz CT molecular complexity index is 1620. The minimum Gasteiger partial charge on any atom is -0.395 e. The fraction of sp³-hybridized carbons (Fsp3) is 0.467. The minimum atomic E-state index is -4.30. The van der Waals surface area contributed by atoms with Gasteiger partial charge in [-0.2, -0.15) is 9.40 Å². The molecule has 1 amide bonds. The van der Waals surface area contributed by atoms with E-state index in [2.05, 4.69) is 20.8 Å². The summed E-state index contributed by atoms with van der Waals surface area (Å²) >= 11 is 0. The molecule has 0 aliphatic carbocycles. The number of benzene rings is 2. The van der Waals surface area contributed by atoms with Crippen LogP contribution < -0.4 is 15.5 Å². The van der Waals surface area contributed by atoms with Gasteiger partial charge in [-0.1, -0.05) is 13.8 Å². The molecule has 15 heteroatoms. The quantitative estimate of drug-likeness (QED) is 0.211. The number of sulfonamides is 1. The van der Waals surface area contributed by atoms with E-state index in [9.17, 15) is 32.2 Å². The Morgan fingerprint density at radius 3 is 2.42 bits per heavy atom. The smallest absolute Gasteiger partial charge is 0.258 e. The molecule has 0 spiro atoms. The van der Waals surface area contributed by atoms with E-state index in [-0.39, 0.29) is 38.2 Å². The number of ether oxygens (including phenoxy) is 1. The number of carbonyl (C=O) groups is 1. The second-order valence-electron chi connectivity index (χ2n) is 11.8. The second kappa shape index (κ2) is 13.4. The lowest BCUT2D eigenvalue weighted by molar-refractivity contribution is 0.0904. The standard InChI is InChI=1S/C30H38F2N6O6S/c1-30(2)18-38(45(42,43)23-14-19(31)13-20(32)15-23)17-25-27(30)35-36-28(25)34-29(41)24-4-3-22(37(7-9-39)8-10-40)16-26(24)33-21-5-11-44-12-6-21/h3-4,13-16,21,33,39-40H,5-12,17-18H2,1-2H3,(H2,34,35,36,41). The molecule has 0 unspecified atom stereocenters. The Hall–Kier alpha value is -3.63. The number of fused-ring (bicyclic) bond motifs is 1. The number of hydrogen-bond donors (Lipinski definition) is 5. The number of H-pyrrole nitrogens is 1. The molecule has 244 valence electrons. The van der Waals surface area contributed by atoms with Crippen molar-refractivity contribution >= 4 is 33.1 Å². The zero-order valence-corrected chi connectivity index (χ0v) is 26.0. The van der Waals surface area contributed by atoms with Crippen LogP contribution in [0.15, 0.2) is 41.3 Å². The maximum Gasteiger partial charge on any atom is 0.258 e. The Kier molecular flexibility index (Phi) is 9.74. The van der Waals surface area contributed by atoms with Crippen LogP contribution in [-0.4, -0.2) is 91.1 Å². The zero-order valence-electron chi connectivity index (χ0n) is 25.1. The number of rotatable bonds is 11. The van der Waals surface area contributed by atoms with Gasteiger partial charge < -0.3 is 30.5 Å². The zero-order chi connectivity index (χ0) is 32.4. The summed E-state index contributed by atoms with van der Waals surface area (Å²) in [5.74, 6) is -2.37. The van der Waals surface area contributed by atoms with Crippen molar-refractivity contribution in [2.45, 2.75) is 49.6 Å². The fourth-order valence-corrected chi connectivity index (χ4v) is 7.44. The predicted molar refractivity (Wildman–Crippen MR) is 164 cm³/mol. The third-order valence-electron chi connectivity index (χ3n) is 8.09. The number of hydrogen-bond acceptors (Lipinski definition) is 9. The third-order valence-corrected chi connectivity index (χ3v) is 9.86. The van der Waals surface area contributed by atoms with Crippen LogP contribution in [0, 0.1) is 11.6 Å². The molecule has 1 aromatic heterocycles. The van der Waals surface area contributed by atoms with Gasteiger partial charge in [0.25, 0.3) is 5.91 Å². The van der Waals surface area contributed by atoms with Crippen LogP contribution >= 0.6 is 0 Å². The summed E-state index contributed by atoms with van der Waals surface area (Å²) in [7, 11) is -4.30. The maximum atomic E-state index is 13.9. The van der Waals surface area contributed by atoms with Crippen molar-refractivity contribution in [3.05, 3.63) is 64.9 Å². The average molecular weight is 649 g/mol. The molecule has 2 aromatic carbocycles. The first kappa shape index (κ1) is 32.8. The van der Waals surface area contributed by atoms with Gasteiger partial charge in [-0.15, -0.1) is 0 Å². The SMILES string of the molecule is CC1(C)CN(S(=O)(=O)c2cc(F)cc(F)c2)Cc2c(NC(=O)c3ccc(N(CCO)CCO)cc3NC3CCOCC3)n[nH]c21. The normalized spacial score (nSPS) is 17.1. The van der Waals surface area contributed by atoms with E-state index in [0.717, 1.165) is 29.3 Å². The van der Waals surface area contributed by atoms with Crippen LogP contribution in [0.25, 0.3) is 0 Å². The fourth-order valence-electron chi connectivity index (χ4n) is 5.83. The summed E-state index contributed by atoms with van der Waals surface area (Å²) in [4.78, 5) is 15.1. The summed E-state index contributed by atoms with van der Waals surface area (Å²) < 4.78 is 61.5. The Morgan fingerprint density at radius 2 is 1.78 bits per heavy atom. The number of carbonyl (C=O) groups excluding carboxylic acids is 1. The third kappa shape index (κ3) is 7.12.